The van der Waals surface area contributed by atoms with Gasteiger partial charge >= 0.3 is 0 Å². The molecule has 1 aromatic carbocycles. The van der Waals surface area contributed by atoms with E-state index in [1.165, 1.54) is 5.56 Å². The molecule has 1 rings (SSSR count). The maximum atomic E-state index is 5.82. The molecule has 1 atom stereocenters. The first-order chi connectivity index (χ1) is 6.33. The van der Waals surface area contributed by atoms with E-state index >= 15 is 0 Å². The van der Waals surface area contributed by atoms with Crippen molar-refractivity contribution in [3.8, 4) is 0 Å². The Morgan fingerprint density at radius 3 is 2.62 bits per heavy atom. The van der Waals surface area contributed by atoms with Crippen LogP contribution in [0.1, 0.15) is 25.3 Å². The Bertz CT molecular complexity index is 221. The van der Waals surface area contributed by atoms with E-state index in [-0.39, 0.29) is 6.17 Å². The molecule has 2 heteroatoms. The minimum Gasteiger partial charge on any atom is -0.316 e. The lowest BCUT2D eigenvalue weighted by molar-refractivity contribution is 0.489. The van der Waals surface area contributed by atoms with Crippen molar-refractivity contribution in [2.75, 3.05) is 0 Å². The van der Waals surface area contributed by atoms with Crippen LogP contribution in [0.15, 0.2) is 30.3 Å². The predicted molar refractivity (Wildman–Crippen MR) is 56.2 cm³/mol. The maximum Gasteiger partial charge on any atom is 0.0548 e. The number of hydrogen-bond donors (Lipinski definition) is 2. The summed E-state index contributed by atoms with van der Waals surface area (Å²) in [5.41, 5.74) is 7.11. The molecule has 1 unspecified atom stereocenters. The van der Waals surface area contributed by atoms with E-state index in [0.717, 1.165) is 19.4 Å². The van der Waals surface area contributed by atoms with Gasteiger partial charge in [0.1, 0.15) is 0 Å². The zero-order valence-electron chi connectivity index (χ0n) is 8.16. The molecule has 13 heavy (non-hydrogen) atoms. The molecule has 0 bridgehead atoms. The van der Waals surface area contributed by atoms with Gasteiger partial charge in [0.15, 0.2) is 0 Å². The van der Waals surface area contributed by atoms with Gasteiger partial charge in [0, 0.05) is 6.54 Å². The highest BCUT2D eigenvalue weighted by atomic mass is 15.0. The van der Waals surface area contributed by atoms with E-state index in [9.17, 15) is 0 Å². The Hall–Kier alpha value is -0.860. The first-order valence-electron chi connectivity index (χ1n) is 4.86. The lowest BCUT2D eigenvalue weighted by Crippen LogP contribution is -2.36. The van der Waals surface area contributed by atoms with E-state index in [1.54, 1.807) is 0 Å². The van der Waals surface area contributed by atoms with Gasteiger partial charge in [-0.05, 0) is 12.0 Å². The van der Waals surface area contributed by atoms with Gasteiger partial charge in [-0.15, -0.1) is 0 Å². The minimum atomic E-state index is 0.130. The smallest absolute Gasteiger partial charge is 0.0548 e. The third-order valence-electron chi connectivity index (χ3n) is 2.01. The molecule has 0 aliphatic carbocycles. The highest BCUT2D eigenvalue weighted by Crippen LogP contribution is 1.98. The van der Waals surface area contributed by atoms with Gasteiger partial charge in [-0.25, -0.2) is 0 Å². The summed E-state index contributed by atoms with van der Waals surface area (Å²) in [5, 5.41) is 3.28. The highest BCUT2D eigenvalue weighted by molar-refractivity contribution is 5.14. The van der Waals surface area contributed by atoms with Crippen LogP contribution in [0.3, 0.4) is 0 Å². The van der Waals surface area contributed by atoms with Gasteiger partial charge in [-0.3, -0.25) is 5.32 Å². The molecule has 0 aliphatic heterocycles. The monoisotopic (exact) mass is 178 g/mol. The Balaban J connectivity index is 2.27. The Morgan fingerprint density at radius 2 is 2.00 bits per heavy atom. The third-order valence-corrected chi connectivity index (χ3v) is 2.01. The first-order valence-corrected chi connectivity index (χ1v) is 4.86. The molecule has 2 nitrogen and oxygen atoms in total. The molecule has 0 spiro atoms. The summed E-state index contributed by atoms with van der Waals surface area (Å²) in [5.74, 6) is 0. The normalized spacial score (nSPS) is 12.8. The Labute approximate surface area is 80.1 Å². The van der Waals surface area contributed by atoms with E-state index in [0.29, 0.717) is 0 Å². The Kier molecular flexibility index (Phi) is 4.50. The lowest BCUT2D eigenvalue weighted by Gasteiger charge is -2.12. The van der Waals surface area contributed by atoms with Crippen LogP contribution < -0.4 is 11.1 Å². The summed E-state index contributed by atoms with van der Waals surface area (Å²) in [4.78, 5) is 0. The van der Waals surface area contributed by atoms with Crippen LogP contribution in [0, 0.1) is 0 Å². The zero-order valence-corrected chi connectivity index (χ0v) is 8.16. The molecular formula is C11H18N2. The zero-order chi connectivity index (χ0) is 9.52. The van der Waals surface area contributed by atoms with Crippen LogP contribution in [0.5, 0.6) is 0 Å². The average molecular weight is 178 g/mol. The fourth-order valence-corrected chi connectivity index (χ4v) is 1.26. The quantitative estimate of drug-likeness (QED) is 0.675. The third kappa shape index (κ3) is 4.06. The molecule has 0 saturated heterocycles. The summed E-state index contributed by atoms with van der Waals surface area (Å²) in [6.07, 6.45) is 2.29. The summed E-state index contributed by atoms with van der Waals surface area (Å²) < 4.78 is 0. The summed E-state index contributed by atoms with van der Waals surface area (Å²) in [7, 11) is 0. The number of rotatable bonds is 5. The van der Waals surface area contributed by atoms with Crippen LogP contribution >= 0.6 is 0 Å². The number of hydrogen-bond acceptors (Lipinski definition) is 2. The fourth-order valence-electron chi connectivity index (χ4n) is 1.26. The molecule has 72 valence electrons. The van der Waals surface area contributed by atoms with Crippen molar-refractivity contribution in [3.05, 3.63) is 35.9 Å². The molecule has 0 amide bonds. The van der Waals surface area contributed by atoms with Gasteiger partial charge < -0.3 is 5.73 Å². The van der Waals surface area contributed by atoms with Crippen molar-refractivity contribution in [2.24, 2.45) is 5.73 Å². The summed E-state index contributed by atoms with van der Waals surface area (Å²) in [6.45, 7) is 3.01. The van der Waals surface area contributed by atoms with E-state index in [2.05, 4.69) is 24.4 Å². The Morgan fingerprint density at radius 1 is 1.31 bits per heavy atom. The van der Waals surface area contributed by atoms with Crippen molar-refractivity contribution in [3.63, 3.8) is 0 Å². The predicted octanol–water partition coefficient (Wildman–Crippen LogP) is 1.86. The second-order valence-electron chi connectivity index (χ2n) is 3.26. The molecule has 0 fully saturated rings. The first kappa shape index (κ1) is 10.2. The summed E-state index contributed by atoms with van der Waals surface area (Å²) in [6, 6.07) is 10.3. The molecule has 1 aromatic rings. The van der Waals surface area contributed by atoms with Gasteiger partial charge in [0.2, 0.25) is 0 Å². The molecule has 0 aromatic heterocycles. The molecule has 0 heterocycles. The topological polar surface area (TPSA) is 38.0 Å². The largest absolute Gasteiger partial charge is 0.316 e. The van der Waals surface area contributed by atoms with Crippen molar-refractivity contribution in [1.82, 2.24) is 5.32 Å². The van der Waals surface area contributed by atoms with Gasteiger partial charge in [-0.1, -0.05) is 43.7 Å². The molecular weight excluding hydrogens is 160 g/mol. The molecule has 0 radical (unpaired) electrons. The average Bonchev–Trinajstić information content (AvgIpc) is 2.17. The second-order valence-corrected chi connectivity index (χ2v) is 3.26. The van der Waals surface area contributed by atoms with E-state index in [4.69, 9.17) is 5.73 Å². The number of nitrogens with one attached hydrogen (secondary N) is 1. The standard InChI is InChI=1S/C11H18N2/c1-2-6-11(12)13-9-10-7-4-3-5-8-10/h3-5,7-8,11,13H,2,6,9,12H2,1H3. The van der Waals surface area contributed by atoms with Crippen LogP contribution in [-0.4, -0.2) is 6.17 Å². The van der Waals surface area contributed by atoms with Gasteiger partial charge in [-0.2, -0.15) is 0 Å². The molecule has 0 saturated carbocycles. The van der Waals surface area contributed by atoms with Gasteiger partial charge in [0.05, 0.1) is 6.17 Å². The highest BCUT2D eigenvalue weighted by Gasteiger charge is 1.98. The molecule has 3 N–H and O–H groups in total. The van der Waals surface area contributed by atoms with Crippen molar-refractivity contribution in [1.29, 1.82) is 0 Å². The molecule has 0 aliphatic rings. The van der Waals surface area contributed by atoms with Crippen molar-refractivity contribution < 1.29 is 0 Å². The van der Waals surface area contributed by atoms with Crippen LogP contribution in [0.4, 0.5) is 0 Å². The van der Waals surface area contributed by atoms with Gasteiger partial charge in [0.25, 0.3) is 0 Å². The van der Waals surface area contributed by atoms with Crippen LogP contribution in [0.25, 0.3) is 0 Å². The second kappa shape index (κ2) is 5.73. The fraction of sp³-hybridized carbons (Fsp3) is 0.455. The minimum absolute atomic E-state index is 0.130. The van der Waals surface area contributed by atoms with Crippen molar-refractivity contribution in [2.45, 2.75) is 32.5 Å². The number of nitrogens with two attached hydrogens (primary N) is 1. The maximum absolute atomic E-state index is 5.82. The summed E-state index contributed by atoms with van der Waals surface area (Å²) >= 11 is 0. The number of benzene rings is 1. The van der Waals surface area contributed by atoms with E-state index in [1.807, 2.05) is 18.2 Å². The van der Waals surface area contributed by atoms with Crippen molar-refractivity contribution >= 4 is 0 Å². The van der Waals surface area contributed by atoms with E-state index < -0.39 is 0 Å². The van der Waals surface area contributed by atoms with Crippen LogP contribution in [-0.2, 0) is 6.54 Å². The van der Waals surface area contributed by atoms with Crippen LogP contribution in [0.2, 0.25) is 0 Å². The SMILES string of the molecule is CCCC(N)NCc1ccccc1. The lowest BCUT2D eigenvalue weighted by atomic mass is 10.2.